The number of phenols is 1. The maximum atomic E-state index is 9.60. The highest BCUT2D eigenvalue weighted by molar-refractivity contribution is 5.84. The maximum Gasteiger partial charge on any atom is 0.293 e. The first-order chi connectivity index (χ1) is 12.4. The summed E-state index contributed by atoms with van der Waals surface area (Å²) in [7, 11) is 0. The second kappa shape index (κ2) is 9.55. The van der Waals surface area contributed by atoms with Gasteiger partial charge in [-0.15, -0.1) is 0 Å². The summed E-state index contributed by atoms with van der Waals surface area (Å²) >= 11 is 0. The fraction of sp³-hybridized carbons (Fsp3) is 0.476. The summed E-state index contributed by atoms with van der Waals surface area (Å²) in [5, 5.41) is 15.1. The minimum absolute atomic E-state index is 0.307. The molecule has 5 nitrogen and oxygen atoms in total. The number of rotatable bonds is 4. The molecular formula is C21H29NO4. The van der Waals surface area contributed by atoms with Crippen molar-refractivity contribution in [2.75, 3.05) is 13.1 Å². The number of fused-ring (bicyclic) bond motifs is 1. The zero-order chi connectivity index (χ0) is 19.0. The quantitative estimate of drug-likeness (QED) is 0.814. The number of hydrogen-bond donors (Lipinski definition) is 2. The van der Waals surface area contributed by atoms with Crippen LogP contribution in [0.15, 0.2) is 36.4 Å². The lowest BCUT2D eigenvalue weighted by atomic mass is 10.1. The van der Waals surface area contributed by atoms with Crippen LogP contribution in [0.25, 0.3) is 10.8 Å². The van der Waals surface area contributed by atoms with Gasteiger partial charge in [0.15, 0.2) is 0 Å². The molecule has 26 heavy (non-hydrogen) atoms. The van der Waals surface area contributed by atoms with E-state index in [1.165, 1.54) is 6.42 Å². The Morgan fingerprint density at radius 3 is 2.58 bits per heavy atom. The van der Waals surface area contributed by atoms with Crippen molar-refractivity contribution >= 4 is 17.2 Å². The highest BCUT2D eigenvalue weighted by Gasteiger charge is 2.13. The van der Waals surface area contributed by atoms with Gasteiger partial charge in [0, 0.05) is 6.54 Å². The molecule has 5 heteroatoms. The zero-order valence-electron chi connectivity index (χ0n) is 15.8. The van der Waals surface area contributed by atoms with E-state index in [0.717, 1.165) is 35.8 Å². The van der Waals surface area contributed by atoms with Crippen molar-refractivity contribution < 1.29 is 19.4 Å². The Balaban J connectivity index is 0.000000298. The van der Waals surface area contributed by atoms with E-state index in [1.807, 2.05) is 26.8 Å². The van der Waals surface area contributed by atoms with Crippen LogP contribution < -0.4 is 5.32 Å². The van der Waals surface area contributed by atoms with Gasteiger partial charge in [0.05, 0.1) is 12.7 Å². The van der Waals surface area contributed by atoms with Crippen molar-refractivity contribution in [1.29, 1.82) is 0 Å². The van der Waals surface area contributed by atoms with Gasteiger partial charge in [-0.1, -0.05) is 18.2 Å². The molecule has 1 atom stereocenters. The average molecular weight is 359 g/mol. The van der Waals surface area contributed by atoms with Crippen LogP contribution in [0.3, 0.4) is 0 Å². The molecule has 1 heterocycles. The summed E-state index contributed by atoms with van der Waals surface area (Å²) in [6.45, 7) is 8.62. The molecule has 1 saturated heterocycles. The normalized spacial score (nSPS) is 17.3. The molecule has 1 fully saturated rings. The lowest BCUT2D eigenvalue weighted by Gasteiger charge is -2.23. The van der Waals surface area contributed by atoms with Crippen LogP contribution in [0.2, 0.25) is 0 Å². The van der Waals surface area contributed by atoms with Crippen molar-refractivity contribution in [1.82, 2.24) is 5.32 Å². The third-order valence-corrected chi connectivity index (χ3v) is 4.03. The number of piperidine rings is 1. The number of nitrogens with one attached hydrogen (secondary N) is 1. The largest absolute Gasteiger partial charge is 0.508 e. The molecule has 0 spiro atoms. The molecule has 0 aromatic heterocycles. The molecule has 0 amide bonds. The second-order valence-corrected chi connectivity index (χ2v) is 7.47. The molecule has 2 aromatic carbocycles. The average Bonchev–Trinajstić information content (AvgIpc) is 2.60. The minimum atomic E-state index is -0.318. The molecule has 0 radical (unpaired) electrons. The van der Waals surface area contributed by atoms with Gasteiger partial charge in [-0.05, 0) is 74.7 Å². The summed E-state index contributed by atoms with van der Waals surface area (Å²) in [6, 6.07) is 11.7. The smallest absolute Gasteiger partial charge is 0.293 e. The SMILES string of the molecule is CC(C)(C)OC=O.Oc1ccc2ccc(COC3CCCNC3)cc2c1. The van der Waals surface area contributed by atoms with Crippen LogP contribution in [0.1, 0.15) is 39.2 Å². The molecule has 0 aliphatic carbocycles. The topological polar surface area (TPSA) is 67.8 Å². The van der Waals surface area contributed by atoms with Gasteiger partial charge in [-0.25, -0.2) is 0 Å². The van der Waals surface area contributed by atoms with Crippen LogP contribution >= 0.6 is 0 Å². The Morgan fingerprint density at radius 1 is 1.19 bits per heavy atom. The first-order valence-corrected chi connectivity index (χ1v) is 9.03. The molecule has 1 aliphatic heterocycles. The number of hydrogen-bond acceptors (Lipinski definition) is 5. The van der Waals surface area contributed by atoms with Gasteiger partial charge < -0.3 is 19.9 Å². The van der Waals surface area contributed by atoms with Gasteiger partial charge in [-0.3, -0.25) is 4.79 Å². The molecule has 1 aliphatic rings. The molecule has 1 unspecified atom stereocenters. The Morgan fingerprint density at radius 2 is 1.96 bits per heavy atom. The number of phenolic OH excluding ortho intramolecular Hbond substituents is 1. The van der Waals surface area contributed by atoms with Crippen LogP contribution in [-0.2, 0) is 20.9 Å². The van der Waals surface area contributed by atoms with Crippen LogP contribution in [-0.4, -0.2) is 36.4 Å². The third-order valence-electron chi connectivity index (χ3n) is 4.03. The van der Waals surface area contributed by atoms with E-state index in [4.69, 9.17) is 4.74 Å². The summed E-state index contributed by atoms with van der Waals surface area (Å²) < 4.78 is 10.5. The van der Waals surface area contributed by atoms with Crippen molar-refractivity contribution in [2.45, 2.75) is 51.9 Å². The molecule has 0 saturated carbocycles. The zero-order valence-corrected chi connectivity index (χ0v) is 15.8. The van der Waals surface area contributed by atoms with Crippen molar-refractivity contribution in [3.05, 3.63) is 42.0 Å². The predicted octanol–water partition coefficient (Wildman–Crippen LogP) is 3.77. The van der Waals surface area contributed by atoms with Gasteiger partial charge >= 0.3 is 0 Å². The molecule has 2 aromatic rings. The van der Waals surface area contributed by atoms with Gasteiger partial charge in [0.1, 0.15) is 11.4 Å². The number of aromatic hydroxyl groups is 1. The lowest BCUT2D eigenvalue weighted by molar-refractivity contribution is -0.138. The number of carbonyl (C=O) groups excluding carboxylic acids is 1. The number of benzene rings is 2. The van der Waals surface area contributed by atoms with Crippen LogP contribution in [0.4, 0.5) is 0 Å². The Bertz CT molecular complexity index is 703. The first kappa shape index (κ1) is 20.2. The maximum absolute atomic E-state index is 9.60. The van der Waals surface area contributed by atoms with Crippen molar-refractivity contribution in [3.8, 4) is 5.75 Å². The highest BCUT2D eigenvalue weighted by Crippen LogP contribution is 2.22. The lowest BCUT2D eigenvalue weighted by Crippen LogP contribution is -2.35. The Kier molecular flexibility index (Phi) is 7.42. The van der Waals surface area contributed by atoms with E-state index in [0.29, 0.717) is 24.9 Å². The highest BCUT2D eigenvalue weighted by atomic mass is 16.5. The predicted molar refractivity (Wildman–Crippen MR) is 103 cm³/mol. The molecule has 2 N–H and O–H groups in total. The summed E-state index contributed by atoms with van der Waals surface area (Å²) in [4.78, 5) is 9.60. The van der Waals surface area contributed by atoms with E-state index >= 15 is 0 Å². The van der Waals surface area contributed by atoms with E-state index in [-0.39, 0.29) is 5.60 Å². The van der Waals surface area contributed by atoms with Crippen molar-refractivity contribution in [2.24, 2.45) is 0 Å². The Hall–Kier alpha value is -2.11. The summed E-state index contributed by atoms with van der Waals surface area (Å²) in [5.41, 5.74) is 0.838. The van der Waals surface area contributed by atoms with Gasteiger partial charge in [0.2, 0.25) is 0 Å². The Labute approximate surface area is 155 Å². The fourth-order valence-corrected chi connectivity index (χ4v) is 2.69. The molecule has 3 rings (SSSR count). The standard InChI is InChI=1S/C16H19NO2.C5H10O2/c18-15-6-5-13-4-3-12(8-14(13)9-15)11-19-16-2-1-7-17-10-16;1-5(2,3)7-4-6/h3-6,8-9,16-18H,1-2,7,10-11H2;4H,1-3H3. The summed E-state index contributed by atoms with van der Waals surface area (Å²) in [5.74, 6) is 0.307. The molecular weight excluding hydrogens is 330 g/mol. The van der Waals surface area contributed by atoms with E-state index in [1.54, 1.807) is 12.1 Å². The second-order valence-electron chi connectivity index (χ2n) is 7.47. The number of carbonyl (C=O) groups is 1. The van der Waals surface area contributed by atoms with E-state index in [2.05, 4.69) is 28.3 Å². The van der Waals surface area contributed by atoms with Crippen LogP contribution in [0, 0.1) is 0 Å². The first-order valence-electron chi connectivity index (χ1n) is 9.03. The van der Waals surface area contributed by atoms with Gasteiger partial charge in [-0.2, -0.15) is 0 Å². The minimum Gasteiger partial charge on any atom is -0.508 e. The molecule has 0 bridgehead atoms. The molecule has 142 valence electrons. The third kappa shape index (κ3) is 7.02. The van der Waals surface area contributed by atoms with Gasteiger partial charge in [0.25, 0.3) is 6.47 Å². The van der Waals surface area contributed by atoms with Crippen LogP contribution in [0.5, 0.6) is 5.75 Å². The van der Waals surface area contributed by atoms with E-state index in [9.17, 15) is 9.90 Å². The summed E-state index contributed by atoms with van der Waals surface area (Å²) in [6.07, 6.45) is 2.66. The monoisotopic (exact) mass is 359 g/mol. The number of ether oxygens (including phenoxy) is 2. The van der Waals surface area contributed by atoms with E-state index < -0.39 is 0 Å². The van der Waals surface area contributed by atoms with Crippen molar-refractivity contribution in [3.63, 3.8) is 0 Å². The fourth-order valence-electron chi connectivity index (χ4n) is 2.69.